The number of nitrogens with two attached hydrogens (primary N) is 1. The van der Waals surface area contributed by atoms with E-state index >= 15 is 0 Å². The second-order valence-electron chi connectivity index (χ2n) is 4.91. The minimum absolute atomic E-state index is 0.160. The summed E-state index contributed by atoms with van der Waals surface area (Å²) in [6.07, 6.45) is 1.70. The van der Waals surface area contributed by atoms with E-state index in [1.54, 1.807) is 18.5 Å². The van der Waals surface area contributed by atoms with Gasteiger partial charge in [-0.05, 0) is 32.2 Å². The van der Waals surface area contributed by atoms with E-state index in [1.165, 1.54) is 4.31 Å². The zero-order valence-corrected chi connectivity index (χ0v) is 12.3. The van der Waals surface area contributed by atoms with Gasteiger partial charge in [-0.15, -0.1) is 0 Å². The maximum absolute atomic E-state index is 12.4. The van der Waals surface area contributed by atoms with Gasteiger partial charge in [0.25, 0.3) is 10.2 Å². The van der Waals surface area contributed by atoms with E-state index in [4.69, 9.17) is 10.5 Å². The summed E-state index contributed by atoms with van der Waals surface area (Å²) in [4.78, 5) is 0. The van der Waals surface area contributed by atoms with Crippen molar-refractivity contribution in [3.05, 3.63) is 0 Å². The Morgan fingerprint density at radius 1 is 1.44 bits per heavy atom. The molecule has 1 saturated heterocycles. The molecule has 0 amide bonds. The lowest BCUT2D eigenvalue weighted by molar-refractivity contribution is 0.144. The molecule has 1 atom stereocenters. The highest BCUT2D eigenvalue weighted by Crippen LogP contribution is 2.20. The van der Waals surface area contributed by atoms with Crippen LogP contribution in [0.25, 0.3) is 0 Å². The summed E-state index contributed by atoms with van der Waals surface area (Å²) in [6, 6.07) is -0.160. The minimum Gasteiger partial charge on any atom is -0.383 e. The van der Waals surface area contributed by atoms with Crippen LogP contribution >= 0.6 is 0 Å². The summed E-state index contributed by atoms with van der Waals surface area (Å²) in [7, 11) is -0.191. The first kappa shape index (κ1) is 15.8. The highest BCUT2D eigenvalue weighted by atomic mass is 32.2. The van der Waals surface area contributed by atoms with Gasteiger partial charge in [-0.25, -0.2) is 0 Å². The van der Waals surface area contributed by atoms with E-state index in [-0.39, 0.29) is 6.04 Å². The van der Waals surface area contributed by atoms with Gasteiger partial charge in [0.2, 0.25) is 0 Å². The maximum atomic E-state index is 12.4. The number of rotatable bonds is 6. The van der Waals surface area contributed by atoms with E-state index in [2.05, 4.69) is 0 Å². The first-order chi connectivity index (χ1) is 8.43. The second-order valence-corrected chi connectivity index (χ2v) is 6.89. The molecule has 108 valence electrons. The molecule has 18 heavy (non-hydrogen) atoms. The Morgan fingerprint density at radius 3 is 2.44 bits per heavy atom. The highest BCUT2D eigenvalue weighted by molar-refractivity contribution is 7.86. The largest absolute Gasteiger partial charge is 0.383 e. The van der Waals surface area contributed by atoms with Gasteiger partial charge in [0.15, 0.2) is 0 Å². The second kappa shape index (κ2) is 6.81. The lowest BCUT2D eigenvalue weighted by atomic mass is 9.99. The molecule has 0 spiro atoms. The van der Waals surface area contributed by atoms with Crippen LogP contribution < -0.4 is 5.73 Å². The van der Waals surface area contributed by atoms with Crippen LogP contribution in [0.3, 0.4) is 0 Å². The number of hydrogen-bond acceptors (Lipinski definition) is 4. The number of methoxy groups -OCH3 is 1. The molecular formula is C11H25N3O3S. The normalized spacial score (nSPS) is 21.4. The van der Waals surface area contributed by atoms with Crippen molar-refractivity contribution < 1.29 is 13.2 Å². The first-order valence-electron chi connectivity index (χ1n) is 6.35. The van der Waals surface area contributed by atoms with Crippen LogP contribution in [0, 0.1) is 5.92 Å². The Hall–Kier alpha value is -0.210. The van der Waals surface area contributed by atoms with Crippen LogP contribution in [0.4, 0.5) is 0 Å². The third-order valence-electron chi connectivity index (χ3n) is 3.63. The standard InChI is InChI=1S/C11H25N3O3S/c1-10(9-17-3)13(2)18(15,16)14-6-4-11(8-12)5-7-14/h10-11H,4-9,12H2,1-3H3. The van der Waals surface area contributed by atoms with Crippen molar-refractivity contribution in [1.29, 1.82) is 0 Å². The van der Waals surface area contributed by atoms with E-state index in [0.717, 1.165) is 12.8 Å². The molecule has 1 rings (SSSR count). The van der Waals surface area contributed by atoms with E-state index < -0.39 is 10.2 Å². The SMILES string of the molecule is COCC(C)N(C)S(=O)(=O)N1CCC(CN)CC1. The lowest BCUT2D eigenvalue weighted by Gasteiger charge is -2.35. The van der Waals surface area contributed by atoms with Crippen LogP contribution in [0.1, 0.15) is 19.8 Å². The zero-order chi connectivity index (χ0) is 13.8. The molecule has 0 saturated carbocycles. The van der Waals surface area contributed by atoms with Gasteiger partial charge in [0, 0.05) is 33.3 Å². The third-order valence-corrected chi connectivity index (χ3v) is 5.73. The molecule has 0 aliphatic carbocycles. The van der Waals surface area contributed by atoms with Gasteiger partial charge in [0.05, 0.1) is 6.61 Å². The Kier molecular flexibility index (Phi) is 6.00. The van der Waals surface area contributed by atoms with Crippen molar-refractivity contribution >= 4 is 10.2 Å². The van der Waals surface area contributed by atoms with Crippen LogP contribution in [0.15, 0.2) is 0 Å². The molecule has 1 unspecified atom stereocenters. The smallest absolute Gasteiger partial charge is 0.282 e. The molecule has 2 N–H and O–H groups in total. The molecule has 1 aliphatic rings. The summed E-state index contributed by atoms with van der Waals surface area (Å²) < 4.78 is 32.7. The third kappa shape index (κ3) is 3.64. The van der Waals surface area contributed by atoms with Gasteiger partial charge in [-0.3, -0.25) is 0 Å². The summed E-state index contributed by atoms with van der Waals surface area (Å²) >= 11 is 0. The molecule has 0 aromatic rings. The summed E-state index contributed by atoms with van der Waals surface area (Å²) in [6.45, 7) is 4.01. The molecule has 0 aromatic heterocycles. The number of nitrogens with zero attached hydrogens (tertiary/aromatic N) is 2. The van der Waals surface area contributed by atoms with Crippen molar-refractivity contribution in [2.24, 2.45) is 11.7 Å². The quantitative estimate of drug-likeness (QED) is 0.735. The predicted octanol–water partition coefficient (Wildman–Crippen LogP) is -0.131. The van der Waals surface area contributed by atoms with Gasteiger partial charge in [-0.2, -0.15) is 17.0 Å². The molecule has 0 radical (unpaired) electrons. The van der Waals surface area contributed by atoms with Gasteiger partial charge in [0.1, 0.15) is 0 Å². The van der Waals surface area contributed by atoms with Crippen LogP contribution in [-0.4, -0.2) is 63.5 Å². The minimum atomic E-state index is -3.37. The van der Waals surface area contributed by atoms with Crippen molar-refractivity contribution in [2.75, 3.05) is 40.4 Å². The average molecular weight is 279 g/mol. The Labute approximate surface area is 110 Å². The number of likely N-dealkylation sites (N-methyl/N-ethyl adjacent to an activating group) is 1. The molecule has 0 aromatic carbocycles. The van der Waals surface area contributed by atoms with Gasteiger partial charge in [-0.1, -0.05) is 0 Å². The molecule has 1 fully saturated rings. The molecule has 7 heteroatoms. The zero-order valence-electron chi connectivity index (χ0n) is 11.5. The molecule has 1 aliphatic heterocycles. The Bertz CT molecular complexity index is 339. The van der Waals surface area contributed by atoms with Gasteiger partial charge >= 0.3 is 0 Å². The van der Waals surface area contributed by atoms with Crippen molar-refractivity contribution in [1.82, 2.24) is 8.61 Å². The highest BCUT2D eigenvalue weighted by Gasteiger charge is 2.32. The lowest BCUT2D eigenvalue weighted by Crippen LogP contribution is -2.49. The topological polar surface area (TPSA) is 75.9 Å². The van der Waals surface area contributed by atoms with Gasteiger partial charge < -0.3 is 10.5 Å². The monoisotopic (exact) mass is 279 g/mol. The summed E-state index contributed by atoms with van der Waals surface area (Å²) in [5.41, 5.74) is 5.61. The predicted molar refractivity (Wildman–Crippen MR) is 71.4 cm³/mol. The Morgan fingerprint density at radius 2 is 2.00 bits per heavy atom. The Balaban J connectivity index is 2.64. The summed E-state index contributed by atoms with van der Waals surface area (Å²) in [5, 5.41) is 0. The van der Waals surface area contributed by atoms with E-state index in [0.29, 0.717) is 32.2 Å². The molecule has 0 bridgehead atoms. The van der Waals surface area contributed by atoms with Crippen LogP contribution in [0.2, 0.25) is 0 Å². The molecular weight excluding hydrogens is 254 g/mol. The van der Waals surface area contributed by atoms with Crippen molar-refractivity contribution in [2.45, 2.75) is 25.8 Å². The van der Waals surface area contributed by atoms with E-state index in [9.17, 15) is 8.42 Å². The van der Waals surface area contributed by atoms with Crippen LogP contribution in [0.5, 0.6) is 0 Å². The maximum Gasteiger partial charge on any atom is 0.282 e. The average Bonchev–Trinajstić information content (AvgIpc) is 2.38. The number of ether oxygens (including phenoxy) is 1. The fourth-order valence-corrected chi connectivity index (χ4v) is 3.68. The van der Waals surface area contributed by atoms with E-state index in [1.807, 2.05) is 6.92 Å². The fourth-order valence-electron chi connectivity index (χ4n) is 2.13. The molecule has 6 nitrogen and oxygen atoms in total. The van der Waals surface area contributed by atoms with Crippen molar-refractivity contribution in [3.8, 4) is 0 Å². The fraction of sp³-hybridized carbons (Fsp3) is 1.00. The first-order valence-corrected chi connectivity index (χ1v) is 7.75. The number of piperidine rings is 1. The van der Waals surface area contributed by atoms with Crippen molar-refractivity contribution in [3.63, 3.8) is 0 Å². The summed E-state index contributed by atoms with van der Waals surface area (Å²) in [5.74, 6) is 0.457. The molecule has 1 heterocycles. The van der Waals surface area contributed by atoms with Crippen LogP contribution in [-0.2, 0) is 14.9 Å². The number of hydrogen-bond donors (Lipinski definition) is 1.